The molecule has 6 nitrogen and oxygen atoms in total. The van der Waals surface area contributed by atoms with Gasteiger partial charge in [0, 0.05) is 35.8 Å². The highest BCUT2D eigenvalue weighted by Crippen LogP contribution is 2.27. The Kier molecular flexibility index (Phi) is 6.48. The first-order chi connectivity index (χ1) is 13.4. The lowest BCUT2D eigenvalue weighted by Gasteiger charge is -2.21. The molecule has 0 spiro atoms. The quantitative estimate of drug-likeness (QED) is 0.623. The number of carbonyl (C=O) groups is 2. The van der Waals surface area contributed by atoms with Crippen molar-refractivity contribution in [3.8, 4) is 0 Å². The largest absolute Gasteiger partial charge is 0.478 e. The van der Waals surface area contributed by atoms with E-state index in [2.05, 4.69) is 10.0 Å². The molecule has 2 aromatic carbocycles. The monoisotopic (exact) mass is 408 g/mol. The van der Waals surface area contributed by atoms with Gasteiger partial charge in [0.15, 0.2) is 0 Å². The lowest BCUT2D eigenvalue weighted by atomic mass is 9.99. The van der Waals surface area contributed by atoms with Crippen LogP contribution in [0.5, 0.6) is 0 Å². The predicted molar refractivity (Wildman–Crippen MR) is 101 cm³/mol. The van der Waals surface area contributed by atoms with Crippen molar-refractivity contribution < 1.29 is 28.2 Å². The number of ether oxygens (including phenoxy) is 1. The number of anilines is 2. The standard InChI is InChI=1S/C19H18F2N2O4S/c20-15-10-17(16(21)9-14(15)19(25)26)23-28-13-3-1-12(2-4-13)22-18(24)11-5-7-27-8-6-11/h1-4,9-11,23H,5-8H2,(H,22,24)(H,25,26). The summed E-state index contributed by atoms with van der Waals surface area (Å²) in [7, 11) is 0. The number of carboxylic acid groups (broad SMARTS) is 1. The van der Waals surface area contributed by atoms with Crippen LogP contribution < -0.4 is 10.0 Å². The van der Waals surface area contributed by atoms with E-state index >= 15 is 0 Å². The number of hydrogen-bond acceptors (Lipinski definition) is 5. The van der Waals surface area contributed by atoms with Crippen LogP contribution in [0.3, 0.4) is 0 Å². The van der Waals surface area contributed by atoms with Gasteiger partial charge in [-0.15, -0.1) is 0 Å². The van der Waals surface area contributed by atoms with Crippen LogP contribution in [-0.4, -0.2) is 30.2 Å². The molecule has 0 radical (unpaired) electrons. The molecule has 28 heavy (non-hydrogen) atoms. The fourth-order valence-corrected chi connectivity index (χ4v) is 3.37. The van der Waals surface area contributed by atoms with Crippen LogP contribution in [0.25, 0.3) is 0 Å². The number of nitrogens with one attached hydrogen (secondary N) is 2. The minimum atomic E-state index is -1.53. The van der Waals surface area contributed by atoms with Crippen LogP contribution in [0.4, 0.5) is 20.2 Å². The molecular formula is C19H18F2N2O4S. The number of benzene rings is 2. The van der Waals surface area contributed by atoms with Crippen molar-refractivity contribution in [2.75, 3.05) is 23.3 Å². The number of rotatable bonds is 6. The van der Waals surface area contributed by atoms with Crippen molar-refractivity contribution >= 4 is 35.2 Å². The summed E-state index contributed by atoms with van der Waals surface area (Å²) in [5, 5.41) is 11.6. The second-order valence-electron chi connectivity index (χ2n) is 6.22. The predicted octanol–water partition coefficient (Wildman–Crippen LogP) is 4.15. The normalized spacial score (nSPS) is 14.5. The summed E-state index contributed by atoms with van der Waals surface area (Å²) in [6, 6.07) is 8.30. The van der Waals surface area contributed by atoms with Crippen molar-refractivity contribution in [2.45, 2.75) is 17.7 Å². The smallest absolute Gasteiger partial charge is 0.338 e. The van der Waals surface area contributed by atoms with Gasteiger partial charge in [-0.1, -0.05) is 0 Å². The molecule has 2 aromatic rings. The number of carbonyl (C=O) groups excluding carboxylic acids is 1. The maximum absolute atomic E-state index is 13.9. The summed E-state index contributed by atoms with van der Waals surface area (Å²) in [6.07, 6.45) is 1.40. The molecule has 1 fully saturated rings. The molecule has 0 aromatic heterocycles. The molecular weight excluding hydrogens is 390 g/mol. The Bertz CT molecular complexity index is 871. The third-order valence-electron chi connectivity index (χ3n) is 4.28. The first kappa shape index (κ1) is 20.1. The highest BCUT2D eigenvalue weighted by Gasteiger charge is 2.21. The minimum absolute atomic E-state index is 0.0436. The van der Waals surface area contributed by atoms with Crippen LogP contribution in [-0.2, 0) is 9.53 Å². The molecule has 0 saturated carbocycles. The topological polar surface area (TPSA) is 87.7 Å². The number of aromatic carboxylic acids is 1. The van der Waals surface area contributed by atoms with E-state index in [1.165, 1.54) is 0 Å². The van der Waals surface area contributed by atoms with Crippen molar-refractivity contribution in [3.63, 3.8) is 0 Å². The number of carboxylic acids is 1. The zero-order valence-corrected chi connectivity index (χ0v) is 15.5. The molecule has 1 aliphatic rings. The third kappa shape index (κ3) is 4.99. The number of amides is 1. The maximum atomic E-state index is 13.9. The van der Waals surface area contributed by atoms with Crippen LogP contribution in [0, 0.1) is 17.6 Å². The van der Waals surface area contributed by atoms with Gasteiger partial charge in [-0.3, -0.25) is 4.79 Å². The average molecular weight is 408 g/mol. The average Bonchev–Trinajstić information content (AvgIpc) is 2.70. The van der Waals surface area contributed by atoms with Gasteiger partial charge < -0.3 is 19.9 Å². The summed E-state index contributed by atoms with van der Waals surface area (Å²) in [4.78, 5) is 23.7. The Morgan fingerprint density at radius 2 is 1.75 bits per heavy atom. The van der Waals surface area contributed by atoms with E-state index in [9.17, 15) is 18.4 Å². The second kappa shape index (κ2) is 9.03. The second-order valence-corrected chi connectivity index (χ2v) is 7.10. The van der Waals surface area contributed by atoms with Crippen molar-refractivity contribution in [2.24, 2.45) is 5.92 Å². The van der Waals surface area contributed by atoms with Gasteiger partial charge in [0.2, 0.25) is 5.91 Å². The van der Waals surface area contributed by atoms with E-state index < -0.39 is 23.2 Å². The third-order valence-corrected chi connectivity index (χ3v) is 5.11. The lowest BCUT2D eigenvalue weighted by Crippen LogP contribution is -2.28. The van der Waals surface area contributed by atoms with Crippen LogP contribution >= 0.6 is 11.9 Å². The molecule has 3 N–H and O–H groups in total. The zero-order valence-electron chi connectivity index (χ0n) is 14.7. The van der Waals surface area contributed by atoms with Crippen molar-refractivity contribution in [1.29, 1.82) is 0 Å². The van der Waals surface area contributed by atoms with E-state index in [-0.39, 0.29) is 17.5 Å². The van der Waals surface area contributed by atoms with E-state index in [4.69, 9.17) is 9.84 Å². The summed E-state index contributed by atoms with van der Waals surface area (Å²) >= 11 is 1.03. The number of hydrogen-bond donors (Lipinski definition) is 3. The van der Waals surface area contributed by atoms with Gasteiger partial charge in [-0.2, -0.15) is 0 Å². The van der Waals surface area contributed by atoms with E-state index in [1.54, 1.807) is 24.3 Å². The SMILES string of the molecule is O=C(O)c1cc(F)c(NSc2ccc(NC(=O)C3CCOCC3)cc2)cc1F. The van der Waals surface area contributed by atoms with Gasteiger partial charge in [0.1, 0.15) is 11.6 Å². The highest BCUT2D eigenvalue weighted by molar-refractivity contribution is 8.00. The summed E-state index contributed by atoms with van der Waals surface area (Å²) < 4.78 is 35.5. The van der Waals surface area contributed by atoms with Crippen molar-refractivity contribution in [1.82, 2.24) is 0 Å². The minimum Gasteiger partial charge on any atom is -0.478 e. The zero-order chi connectivity index (χ0) is 20.1. The van der Waals surface area contributed by atoms with E-state index in [0.717, 1.165) is 18.0 Å². The highest BCUT2D eigenvalue weighted by atomic mass is 32.2. The van der Waals surface area contributed by atoms with Gasteiger partial charge in [-0.05, 0) is 55.1 Å². The maximum Gasteiger partial charge on any atom is 0.338 e. The molecule has 1 aliphatic heterocycles. The number of halogens is 2. The molecule has 9 heteroatoms. The Labute approximate surface area is 164 Å². The fraction of sp³-hybridized carbons (Fsp3) is 0.263. The Hall–Kier alpha value is -2.65. The summed E-state index contributed by atoms with van der Waals surface area (Å²) in [5.41, 5.74) is -0.244. The molecule has 148 valence electrons. The lowest BCUT2D eigenvalue weighted by molar-refractivity contribution is -0.122. The van der Waals surface area contributed by atoms with Crippen molar-refractivity contribution in [3.05, 3.63) is 53.6 Å². The Morgan fingerprint density at radius 1 is 1.07 bits per heavy atom. The van der Waals surface area contributed by atoms with E-state index in [1.807, 2.05) is 0 Å². The molecule has 1 heterocycles. The van der Waals surface area contributed by atoms with Crippen LogP contribution in [0.2, 0.25) is 0 Å². The first-order valence-electron chi connectivity index (χ1n) is 8.58. The summed E-state index contributed by atoms with van der Waals surface area (Å²) in [5.74, 6) is -3.53. The molecule has 1 saturated heterocycles. The Morgan fingerprint density at radius 3 is 2.39 bits per heavy atom. The Balaban J connectivity index is 1.58. The van der Waals surface area contributed by atoms with Gasteiger partial charge >= 0.3 is 5.97 Å². The molecule has 0 unspecified atom stereocenters. The summed E-state index contributed by atoms with van der Waals surface area (Å²) in [6.45, 7) is 1.17. The molecule has 1 amide bonds. The van der Waals surface area contributed by atoms with Gasteiger partial charge in [0.05, 0.1) is 11.3 Å². The molecule has 0 aliphatic carbocycles. The molecule has 0 atom stereocenters. The first-order valence-corrected chi connectivity index (χ1v) is 9.39. The van der Waals surface area contributed by atoms with E-state index in [0.29, 0.717) is 42.7 Å². The molecule has 0 bridgehead atoms. The molecule has 3 rings (SSSR count). The van der Waals surface area contributed by atoms with Crippen LogP contribution in [0.1, 0.15) is 23.2 Å². The fourth-order valence-electron chi connectivity index (χ4n) is 2.71. The van der Waals surface area contributed by atoms with Crippen LogP contribution in [0.15, 0.2) is 41.3 Å². The van der Waals surface area contributed by atoms with Gasteiger partial charge in [0.25, 0.3) is 0 Å². The van der Waals surface area contributed by atoms with Gasteiger partial charge in [-0.25, -0.2) is 13.6 Å².